The van der Waals surface area contributed by atoms with Gasteiger partial charge < -0.3 is 4.52 Å². The van der Waals surface area contributed by atoms with Gasteiger partial charge in [-0.05, 0) is 19.1 Å². The number of rotatable bonds is 3. The number of aldehydes is 1. The summed E-state index contributed by atoms with van der Waals surface area (Å²) in [7, 11) is 0. The molecule has 0 unspecified atom stereocenters. The van der Waals surface area contributed by atoms with Gasteiger partial charge in [0.25, 0.3) is 0 Å². The SMILES string of the molecule is Cc1cc(/C=C/C=C/C=O)no1. The highest BCUT2D eigenvalue weighted by Gasteiger charge is 1.92. The average molecular weight is 163 g/mol. The molecule has 0 fully saturated rings. The molecule has 0 N–H and O–H groups in total. The van der Waals surface area contributed by atoms with Crippen LogP contribution in [0.4, 0.5) is 0 Å². The highest BCUT2D eigenvalue weighted by atomic mass is 16.5. The van der Waals surface area contributed by atoms with Crippen LogP contribution in [0.25, 0.3) is 6.08 Å². The summed E-state index contributed by atoms with van der Waals surface area (Å²) < 4.78 is 4.83. The van der Waals surface area contributed by atoms with E-state index in [4.69, 9.17) is 4.52 Å². The van der Waals surface area contributed by atoms with E-state index in [1.54, 1.807) is 18.2 Å². The molecule has 0 saturated carbocycles. The molecule has 3 heteroatoms. The van der Waals surface area contributed by atoms with Crippen molar-refractivity contribution in [3.8, 4) is 0 Å². The average Bonchev–Trinajstić information content (AvgIpc) is 2.45. The minimum Gasteiger partial charge on any atom is -0.361 e. The van der Waals surface area contributed by atoms with Gasteiger partial charge in [-0.1, -0.05) is 17.3 Å². The second kappa shape index (κ2) is 4.28. The zero-order valence-electron chi connectivity index (χ0n) is 6.73. The Morgan fingerprint density at radius 3 is 2.83 bits per heavy atom. The first-order valence-electron chi connectivity index (χ1n) is 3.55. The highest BCUT2D eigenvalue weighted by molar-refractivity contribution is 5.66. The Labute approximate surface area is 70.4 Å². The van der Waals surface area contributed by atoms with Crippen LogP contribution < -0.4 is 0 Å². The Bertz CT molecular complexity index is 310. The molecule has 0 bridgehead atoms. The van der Waals surface area contributed by atoms with Gasteiger partial charge in [0.2, 0.25) is 0 Å². The maximum atomic E-state index is 9.87. The quantitative estimate of drug-likeness (QED) is 0.387. The molecule has 1 aromatic rings. The van der Waals surface area contributed by atoms with Crippen LogP contribution in [0.5, 0.6) is 0 Å². The monoisotopic (exact) mass is 163 g/mol. The molecular weight excluding hydrogens is 154 g/mol. The highest BCUT2D eigenvalue weighted by Crippen LogP contribution is 2.02. The summed E-state index contributed by atoms with van der Waals surface area (Å²) in [5.74, 6) is 0.772. The normalized spacial score (nSPS) is 11.4. The van der Waals surface area contributed by atoms with E-state index in [0.29, 0.717) is 0 Å². The van der Waals surface area contributed by atoms with E-state index in [9.17, 15) is 4.79 Å². The molecule has 12 heavy (non-hydrogen) atoms. The number of hydrogen-bond donors (Lipinski definition) is 0. The molecule has 0 aliphatic heterocycles. The summed E-state index contributed by atoms with van der Waals surface area (Å²) in [6, 6.07) is 1.81. The Morgan fingerprint density at radius 2 is 2.25 bits per heavy atom. The first-order chi connectivity index (χ1) is 5.83. The third kappa shape index (κ3) is 2.54. The van der Waals surface area contributed by atoms with Crippen LogP contribution in [-0.4, -0.2) is 11.4 Å². The summed E-state index contributed by atoms with van der Waals surface area (Å²) in [5.41, 5.74) is 0.753. The van der Waals surface area contributed by atoms with E-state index in [1.807, 2.05) is 13.0 Å². The van der Waals surface area contributed by atoms with Crippen LogP contribution in [0.2, 0.25) is 0 Å². The van der Waals surface area contributed by atoms with Crippen molar-refractivity contribution in [3.63, 3.8) is 0 Å². The van der Waals surface area contributed by atoms with E-state index >= 15 is 0 Å². The molecule has 62 valence electrons. The summed E-state index contributed by atoms with van der Waals surface area (Å²) in [5, 5.41) is 3.73. The summed E-state index contributed by atoms with van der Waals surface area (Å²) >= 11 is 0. The second-order valence-corrected chi connectivity index (χ2v) is 2.24. The fourth-order valence-electron chi connectivity index (χ4n) is 0.728. The van der Waals surface area contributed by atoms with Gasteiger partial charge in [0.1, 0.15) is 17.7 Å². The zero-order valence-corrected chi connectivity index (χ0v) is 6.73. The predicted octanol–water partition coefficient (Wildman–Crippen LogP) is 1.75. The lowest BCUT2D eigenvalue weighted by Crippen LogP contribution is -1.65. The van der Waals surface area contributed by atoms with E-state index < -0.39 is 0 Å². The van der Waals surface area contributed by atoms with Crippen LogP contribution in [0, 0.1) is 6.92 Å². The van der Waals surface area contributed by atoms with Gasteiger partial charge in [-0.3, -0.25) is 4.79 Å². The minimum absolute atomic E-state index is 0.721. The van der Waals surface area contributed by atoms with Crippen molar-refractivity contribution >= 4 is 12.4 Å². The molecule has 0 saturated heterocycles. The molecule has 1 rings (SSSR count). The number of nitrogens with zero attached hydrogens (tertiary/aromatic N) is 1. The van der Waals surface area contributed by atoms with Crippen molar-refractivity contribution in [3.05, 3.63) is 35.7 Å². The molecule has 0 aliphatic rings. The molecule has 0 atom stereocenters. The lowest BCUT2D eigenvalue weighted by molar-refractivity contribution is -0.104. The third-order valence-electron chi connectivity index (χ3n) is 1.21. The van der Waals surface area contributed by atoms with Crippen molar-refractivity contribution in [2.75, 3.05) is 0 Å². The molecule has 0 aromatic carbocycles. The van der Waals surface area contributed by atoms with E-state index in [2.05, 4.69) is 5.16 Å². The van der Waals surface area contributed by atoms with Gasteiger partial charge in [0.15, 0.2) is 0 Å². The Morgan fingerprint density at radius 1 is 1.42 bits per heavy atom. The molecular formula is C9H9NO2. The standard InChI is InChI=1S/C9H9NO2/c1-8-7-9(10-12-8)5-3-2-4-6-11/h2-7H,1H3/b4-2+,5-3+. The van der Waals surface area contributed by atoms with Crippen molar-refractivity contribution < 1.29 is 9.32 Å². The molecule has 3 nitrogen and oxygen atoms in total. The summed E-state index contributed by atoms with van der Waals surface area (Å²) in [6.45, 7) is 1.82. The predicted molar refractivity (Wildman–Crippen MR) is 45.5 cm³/mol. The van der Waals surface area contributed by atoms with Gasteiger partial charge in [-0.25, -0.2) is 0 Å². The molecule has 1 aromatic heterocycles. The molecule has 0 aliphatic carbocycles. The lowest BCUT2D eigenvalue weighted by atomic mass is 10.3. The largest absolute Gasteiger partial charge is 0.361 e. The van der Waals surface area contributed by atoms with Gasteiger partial charge in [0, 0.05) is 6.07 Å². The number of carbonyl (C=O) groups excluding carboxylic acids is 1. The van der Waals surface area contributed by atoms with E-state index in [-0.39, 0.29) is 0 Å². The second-order valence-electron chi connectivity index (χ2n) is 2.24. The lowest BCUT2D eigenvalue weighted by Gasteiger charge is -1.74. The number of allylic oxidation sites excluding steroid dienone is 3. The van der Waals surface area contributed by atoms with Crippen molar-refractivity contribution in [2.24, 2.45) is 0 Å². The Hall–Kier alpha value is -1.64. The van der Waals surface area contributed by atoms with Gasteiger partial charge >= 0.3 is 0 Å². The van der Waals surface area contributed by atoms with E-state index in [0.717, 1.165) is 17.7 Å². The van der Waals surface area contributed by atoms with Crippen molar-refractivity contribution in [2.45, 2.75) is 6.92 Å². The van der Waals surface area contributed by atoms with Crippen LogP contribution in [-0.2, 0) is 4.79 Å². The van der Waals surface area contributed by atoms with Crippen molar-refractivity contribution in [1.82, 2.24) is 5.16 Å². The first kappa shape index (κ1) is 8.46. The van der Waals surface area contributed by atoms with E-state index in [1.165, 1.54) is 6.08 Å². The number of hydrogen-bond acceptors (Lipinski definition) is 3. The molecule has 0 spiro atoms. The third-order valence-corrected chi connectivity index (χ3v) is 1.21. The number of aryl methyl sites for hydroxylation is 1. The number of carbonyl (C=O) groups is 1. The molecule has 0 amide bonds. The zero-order chi connectivity index (χ0) is 8.81. The fourth-order valence-corrected chi connectivity index (χ4v) is 0.728. The Balaban J connectivity index is 2.57. The summed E-state index contributed by atoms with van der Waals surface area (Å²) in [4.78, 5) is 9.87. The smallest absolute Gasteiger partial charge is 0.142 e. The number of aromatic nitrogens is 1. The fraction of sp³-hybridized carbons (Fsp3) is 0.111. The van der Waals surface area contributed by atoms with Crippen LogP contribution in [0.15, 0.2) is 28.8 Å². The topological polar surface area (TPSA) is 43.1 Å². The maximum Gasteiger partial charge on any atom is 0.142 e. The maximum absolute atomic E-state index is 9.87. The van der Waals surface area contributed by atoms with Gasteiger partial charge in [-0.15, -0.1) is 0 Å². The minimum atomic E-state index is 0.721. The molecule has 0 radical (unpaired) electrons. The van der Waals surface area contributed by atoms with Crippen LogP contribution in [0.3, 0.4) is 0 Å². The van der Waals surface area contributed by atoms with Gasteiger partial charge in [0.05, 0.1) is 0 Å². The van der Waals surface area contributed by atoms with Gasteiger partial charge in [-0.2, -0.15) is 0 Å². The van der Waals surface area contributed by atoms with Crippen LogP contribution >= 0.6 is 0 Å². The molecule has 1 heterocycles. The first-order valence-corrected chi connectivity index (χ1v) is 3.55. The van der Waals surface area contributed by atoms with Crippen molar-refractivity contribution in [1.29, 1.82) is 0 Å². The van der Waals surface area contributed by atoms with Crippen LogP contribution in [0.1, 0.15) is 11.5 Å². The Kier molecular flexibility index (Phi) is 3.02. The summed E-state index contributed by atoms with van der Waals surface area (Å²) in [6.07, 6.45) is 7.25.